The summed E-state index contributed by atoms with van der Waals surface area (Å²) in [4.78, 5) is 25.2. The number of aliphatic hydroxyl groups is 1. The van der Waals surface area contributed by atoms with Crippen LogP contribution in [0.5, 0.6) is 0 Å². The molecular formula is C22H24N4O4S2. The number of nitrogens with zero attached hydrogens (tertiary/aromatic N) is 3. The van der Waals surface area contributed by atoms with Crippen LogP contribution in [0.2, 0.25) is 0 Å². The fourth-order valence-corrected chi connectivity index (χ4v) is 5.22. The van der Waals surface area contributed by atoms with E-state index in [9.17, 15) is 18.3 Å². The maximum Gasteiger partial charge on any atom is 0.264 e. The second-order valence-corrected chi connectivity index (χ2v) is 10.8. The van der Waals surface area contributed by atoms with Crippen LogP contribution in [0.25, 0.3) is 6.08 Å². The average molecular weight is 473 g/mol. The van der Waals surface area contributed by atoms with Crippen LogP contribution in [-0.2, 0) is 16.4 Å². The molecule has 2 aromatic rings. The van der Waals surface area contributed by atoms with E-state index in [1.165, 1.54) is 11.3 Å². The fourth-order valence-electron chi connectivity index (χ4n) is 3.48. The number of allylic oxidation sites excluding steroid dienone is 1. The summed E-state index contributed by atoms with van der Waals surface area (Å²) in [6.07, 6.45) is 7.57. The van der Waals surface area contributed by atoms with Crippen LogP contribution in [-0.4, -0.2) is 62.0 Å². The minimum Gasteiger partial charge on any atom is -0.391 e. The van der Waals surface area contributed by atoms with Crippen LogP contribution < -0.4 is 5.32 Å². The number of anilines is 1. The van der Waals surface area contributed by atoms with Crippen LogP contribution in [0.3, 0.4) is 0 Å². The topological polar surface area (TPSA) is 111 Å². The number of amides is 1. The van der Waals surface area contributed by atoms with Crippen molar-refractivity contribution in [2.24, 2.45) is 9.98 Å². The summed E-state index contributed by atoms with van der Waals surface area (Å²) < 4.78 is 23.7. The van der Waals surface area contributed by atoms with Gasteiger partial charge in [0.1, 0.15) is 0 Å². The molecule has 1 aromatic carbocycles. The predicted molar refractivity (Wildman–Crippen MR) is 127 cm³/mol. The molecule has 1 fully saturated rings. The molecule has 1 saturated heterocycles. The van der Waals surface area contributed by atoms with E-state index >= 15 is 0 Å². The van der Waals surface area contributed by atoms with E-state index in [0.29, 0.717) is 49.0 Å². The van der Waals surface area contributed by atoms with Gasteiger partial charge < -0.3 is 15.3 Å². The van der Waals surface area contributed by atoms with Crippen molar-refractivity contribution >= 4 is 51.0 Å². The smallest absolute Gasteiger partial charge is 0.264 e. The first-order valence-electron chi connectivity index (χ1n) is 10.2. The Morgan fingerprint density at radius 3 is 2.91 bits per heavy atom. The van der Waals surface area contributed by atoms with Crippen molar-refractivity contribution in [1.29, 1.82) is 0 Å². The number of likely N-dealkylation sites (tertiary alicyclic amines) is 1. The molecule has 3 heterocycles. The number of β-amino-alcohol motifs (C(OH)–C–C–N with tert-alkyl or cyclic N) is 1. The number of carbonyl (C=O) groups is 1. The Kier molecular flexibility index (Phi) is 6.54. The lowest BCUT2D eigenvalue weighted by Crippen LogP contribution is -2.28. The normalized spacial score (nSPS) is 22.5. The molecule has 0 saturated carbocycles. The largest absolute Gasteiger partial charge is 0.391 e. The molecule has 1 unspecified atom stereocenters. The Labute approximate surface area is 190 Å². The van der Waals surface area contributed by atoms with Gasteiger partial charge in [-0.3, -0.25) is 4.79 Å². The lowest BCUT2D eigenvalue weighted by atomic mass is 10.2. The highest BCUT2D eigenvalue weighted by Gasteiger charge is 2.27. The molecule has 1 amide bonds. The van der Waals surface area contributed by atoms with Crippen LogP contribution in [0.4, 0.5) is 5.69 Å². The molecule has 0 radical (unpaired) electrons. The van der Waals surface area contributed by atoms with Crippen molar-refractivity contribution in [3.05, 3.63) is 51.7 Å². The zero-order valence-electron chi connectivity index (χ0n) is 17.6. The molecule has 2 N–H and O–H groups in total. The number of sulfone groups is 1. The number of thiophene rings is 1. The van der Waals surface area contributed by atoms with Crippen molar-refractivity contribution in [2.45, 2.75) is 30.4 Å². The Bertz CT molecular complexity index is 1210. The molecule has 32 heavy (non-hydrogen) atoms. The van der Waals surface area contributed by atoms with Crippen molar-refractivity contribution < 1.29 is 18.3 Å². The minimum absolute atomic E-state index is 0.0708. The summed E-state index contributed by atoms with van der Waals surface area (Å²) in [5, 5.41) is 12.8. The summed E-state index contributed by atoms with van der Waals surface area (Å²) >= 11 is 1.42. The highest BCUT2D eigenvalue weighted by Crippen LogP contribution is 2.28. The Balaban J connectivity index is 1.56. The third-order valence-corrected chi connectivity index (χ3v) is 7.39. The number of guanidine groups is 1. The predicted octanol–water partition coefficient (Wildman–Crippen LogP) is 2.81. The van der Waals surface area contributed by atoms with Gasteiger partial charge in [0.2, 0.25) is 5.96 Å². The zero-order valence-corrected chi connectivity index (χ0v) is 19.2. The average Bonchev–Trinajstić information content (AvgIpc) is 3.37. The number of carbonyl (C=O) groups excluding carboxylic acids is 1. The van der Waals surface area contributed by atoms with Crippen molar-refractivity contribution in [1.82, 2.24) is 4.90 Å². The number of fused-ring (bicyclic) bond motifs is 1. The molecule has 10 heteroatoms. The van der Waals surface area contributed by atoms with Gasteiger partial charge in [0.05, 0.1) is 22.4 Å². The number of hydrogen-bond donors (Lipinski definition) is 2. The second kappa shape index (κ2) is 9.35. The molecule has 0 aliphatic carbocycles. The number of hydrogen-bond acceptors (Lipinski definition) is 8. The second-order valence-electron chi connectivity index (χ2n) is 7.71. The third kappa shape index (κ3) is 5.32. The molecule has 1 aromatic heterocycles. The van der Waals surface area contributed by atoms with Crippen LogP contribution >= 0.6 is 11.3 Å². The third-order valence-electron chi connectivity index (χ3n) is 5.14. The van der Waals surface area contributed by atoms with Gasteiger partial charge in [0.25, 0.3) is 5.91 Å². The molecule has 1 atom stereocenters. The van der Waals surface area contributed by atoms with Gasteiger partial charge in [-0.25, -0.2) is 18.4 Å². The Morgan fingerprint density at radius 2 is 2.16 bits per heavy atom. The molecule has 0 bridgehead atoms. The van der Waals surface area contributed by atoms with Gasteiger partial charge >= 0.3 is 0 Å². The molecular weight excluding hydrogens is 448 g/mol. The van der Waals surface area contributed by atoms with Crippen molar-refractivity contribution in [3.8, 4) is 0 Å². The van der Waals surface area contributed by atoms with E-state index in [1.807, 2.05) is 18.2 Å². The van der Waals surface area contributed by atoms with Crippen molar-refractivity contribution in [3.63, 3.8) is 0 Å². The molecule has 2 aliphatic rings. The first kappa shape index (κ1) is 22.4. The van der Waals surface area contributed by atoms with Crippen LogP contribution in [0.15, 0.2) is 51.3 Å². The maximum absolute atomic E-state index is 12.8. The Hall–Kier alpha value is -2.82. The number of aliphatic imine (C=N–C) groups is 2. The summed E-state index contributed by atoms with van der Waals surface area (Å²) in [6, 6.07) is 8.36. The summed E-state index contributed by atoms with van der Waals surface area (Å²) in [5.41, 5.74) is 1.49. The van der Waals surface area contributed by atoms with Gasteiger partial charge in [-0.1, -0.05) is 12.1 Å². The number of aliphatic hydroxyl groups excluding tert-OH is 1. The fraction of sp³-hybridized carbons (Fsp3) is 0.318. The number of nitrogens with one attached hydrogen (secondary N) is 1. The first-order chi connectivity index (χ1) is 15.3. The van der Waals surface area contributed by atoms with Gasteiger partial charge in [-0.15, -0.1) is 11.3 Å². The van der Waals surface area contributed by atoms with Gasteiger partial charge in [-0.05, 0) is 42.3 Å². The highest BCUT2D eigenvalue weighted by atomic mass is 32.2. The van der Waals surface area contributed by atoms with Gasteiger partial charge in [0.15, 0.2) is 9.84 Å². The summed E-state index contributed by atoms with van der Waals surface area (Å²) in [7, 11) is -3.32. The molecule has 168 valence electrons. The van der Waals surface area contributed by atoms with Gasteiger partial charge in [-0.2, -0.15) is 0 Å². The summed E-state index contributed by atoms with van der Waals surface area (Å²) in [6.45, 7) is 1.24. The zero-order chi connectivity index (χ0) is 22.7. The lowest BCUT2D eigenvalue weighted by Gasteiger charge is -2.13. The standard InChI is InChI=1S/C22H24N4O4S2/c1-32(29,30)18-6-4-5-16(12-18)25-22-23-9-3-2-7-19-15(13-24-22)11-20(31-19)21(28)26-10-8-17(27)14-26/h2,4-7,9,11-12,17,27H,3,8,10,13-14H2,1H3,(H,24,25)/b7-2-,23-9-. The van der Waals surface area contributed by atoms with E-state index in [2.05, 4.69) is 15.3 Å². The van der Waals surface area contributed by atoms with E-state index < -0.39 is 15.9 Å². The van der Waals surface area contributed by atoms with Crippen LogP contribution in [0.1, 0.15) is 33.0 Å². The molecule has 4 rings (SSSR count). The van der Waals surface area contributed by atoms with Crippen LogP contribution in [0, 0.1) is 0 Å². The molecule has 0 spiro atoms. The SMILES string of the molecule is CS(=O)(=O)c1cccc(NC2=N/Cc3cc(C(=O)N4CCC(O)C4)sc3/C=C\C/C=N\2)c1. The monoisotopic (exact) mass is 472 g/mol. The minimum atomic E-state index is -3.32. The molecule has 8 nitrogen and oxygen atoms in total. The Morgan fingerprint density at radius 1 is 1.31 bits per heavy atom. The molecule has 2 aliphatic heterocycles. The quantitative estimate of drug-likeness (QED) is 0.714. The van der Waals surface area contributed by atoms with Gasteiger partial charge in [0, 0.05) is 42.5 Å². The number of benzene rings is 1. The highest BCUT2D eigenvalue weighted by molar-refractivity contribution is 7.90. The van der Waals surface area contributed by atoms with E-state index in [4.69, 9.17) is 0 Å². The lowest BCUT2D eigenvalue weighted by molar-refractivity contribution is 0.0769. The summed E-state index contributed by atoms with van der Waals surface area (Å²) in [5.74, 6) is 0.289. The van der Waals surface area contributed by atoms with E-state index in [-0.39, 0.29) is 10.8 Å². The van der Waals surface area contributed by atoms with Crippen molar-refractivity contribution in [2.75, 3.05) is 24.7 Å². The van der Waals surface area contributed by atoms with E-state index in [1.54, 1.807) is 35.4 Å². The first-order valence-corrected chi connectivity index (χ1v) is 12.9. The maximum atomic E-state index is 12.8. The number of rotatable bonds is 3. The van der Waals surface area contributed by atoms with E-state index in [0.717, 1.165) is 16.7 Å².